The summed E-state index contributed by atoms with van der Waals surface area (Å²) >= 11 is 0. The van der Waals surface area contributed by atoms with Crippen LogP contribution in [0.25, 0.3) is 0 Å². The SMILES string of the molecule is CC(C)Oc1ccc(CN2C(=O)CC[C@]2(C)C(=O)NC2CCCC2)cc1. The van der Waals surface area contributed by atoms with Gasteiger partial charge in [0.25, 0.3) is 0 Å². The molecule has 2 fully saturated rings. The number of benzene rings is 1. The summed E-state index contributed by atoms with van der Waals surface area (Å²) in [4.78, 5) is 27.1. The molecular formula is C21H30N2O3. The van der Waals surface area contributed by atoms with Crippen LogP contribution in [0.4, 0.5) is 0 Å². The highest BCUT2D eigenvalue weighted by atomic mass is 16.5. The van der Waals surface area contributed by atoms with Crippen LogP contribution >= 0.6 is 0 Å². The Morgan fingerprint density at radius 3 is 2.54 bits per heavy atom. The molecule has 1 aromatic rings. The number of nitrogens with one attached hydrogen (secondary N) is 1. The molecule has 1 heterocycles. The van der Waals surface area contributed by atoms with Crippen LogP contribution in [0.15, 0.2) is 24.3 Å². The number of hydrogen-bond donors (Lipinski definition) is 1. The van der Waals surface area contributed by atoms with Crippen LogP contribution in [0.3, 0.4) is 0 Å². The lowest BCUT2D eigenvalue weighted by atomic mass is 9.96. The summed E-state index contributed by atoms with van der Waals surface area (Å²) < 4.78 is 5.67. The Morgan fingerprint density at radius 2 is 1.92 bits per heavy atom. The monoisotopic (exact) mass is 358 g/mol. The molecule has 1 N–H and O–H groups in total. The molecule has 1 saturated heterocycles. The van der Waals surface area contributed by atoms with Crippen molar-refractivity contribution in [1.29, 1.82) is 0 Å². The second-order valence-electron chi connectivity index (χ2n) is 8.02. The van der Waals surface area contributed by atoms with E-state index in [1.807, 2.05) is 45.0 Å². The maximum Gasteiger partial charge on any atom is 0.245 e. The lowest BCUT2D eigenvalue weighted by Crippen LogP contribution is -2.55. The summed E-state index contributed by atoms with van der Waals surface area (Å²) in [7, 11) is 0. The van der Waals surface area contributed by atoms with Gasteiger partial charge in [-0.2, -0.15) is 0 Å². The van der Waals surface area contributed by atoms with E-state index in [-0.39, 0.29) is 24.0 Å². The summed E-state index contributed by atoms with van der Waals surface area (Å²) in [5, 5.41) is 3.18. The average molecular weight is 358 g/mol. The van der Waals surface area contributed by atoms with Crippen LogP contribution in [-0.2, 0) is 16.1 Å². The van der Waals surface area contributed by atoms with Crippen molar-refractivity contribution >= 4 is 11.8 Å². The second kappa shape index (κ2) is 7.68. The van der Waals surface area contributed by atoms with Gasteiger partial charge in [-0.3, -0.25) is 9.59 Å². The Bertz CT molecular complexity index is 650. The van der Waals surface area contributed by atoms with Crippen molar-refractivity contribution in [3.63, 3.8) is 0 Å². The van der Waals surface area contributed by atoms with Crippen LogP contribution in [0.1, 0.15) is 64.9 Å². The molecule has 0 unspecified atom stereocenters. The van der Waals surface area contributed by atoms with E-state index < -0.39 is 5.54 Å². The summed E-state index contributed by atoms with van der Waals surface area (Å²) in [6.07, 6.45) is 5.59. The molecule has 2 amide bonds. The van der Waals surface area contributed by atoms with Gasteiger partial charge in [-0.05, 0) is 57.7 Å². The van der Waals surface area contributed by atoms with Gasteiger partial charge in [-0.1, -0.05) is 25.0 Å². The Kier molecular flexibility index (Phi) is 5.54. The van der Waals surface area contributed by atoms with Crippen LogP contribution in [0.2, 0.25) is 0 Å². The smallest absolute Gasteiger partial charge is 0.245 e. The fraction of sp³-hybridized carbons (Fsp3) is 0.619. The molecule has 5 nitrogen and oxygen atoms in total. The van der Waals surface area contributed by atoms with E-state index in [1.54, 1.807) is 4.90 Å². The Balaban J connectivity index is 1.69. The molecule has 26 heavy (non-hydrogen) atoms. The first kappa shape index (κ1) is 18.7. The molecule has 5 heteroatoms. The van der Waals surface area contributed by atoms with Crippen molar-refractivity contribution in [3.05, 3.63) is 29.8 Å². The topological polar surface area (TPSA) is 58.6 Å². The fourth-order valence-electron chi connectivity index (χ4n) is 3.93. The maximum atomic E-state index is 12.9. The number of hydrogen-bond acceptors (Lipinski definition) is 3. The zero-order chi connectivity index (χ0) is 18.7. The number of carbonyl (C=O) groups excluding carboxylic acids is 2. The van der Waals surface area contributed by atoms with Gasteiger partial charge in [-0.25, -0.2) is 0 Å². The highest BCUT2D eigenvalue weighted by Gasteiger charge is 2.47. The van der Waals surface area contributed by atoms with Crippen molar-refractivity contribution < 1.29 is 14.3 Å². The van der Waals surface area contributed by atoms with Crippen LogP contribution in [-0.4, -0.2) is 34.4 Å². The molecule has 1 aliphatic carbocycles. The average Bonchev–Trinajstić information content (AvgIpc) is 3.20. The van der Waals surface area contributed by atoms with Gasteiger partial charge in [0.05, 0.1) is 6.10 Å². The molecule has 1 aliphatic heterocycles. The number of likely N-dealkylation sites (tertiary alicyclic amines) is 1. The molecule has 1 saturated carbocycles. The third kappa shape index (κ3) is 4.02. The van der Waals surface area contributed by atoms with Crippen molar-refractivity contribution in [1.82, 2.24) is 10.2 Å². The van der Waals surface area contributed by atoms with Gasteiger partial charge >= 0.3 is 0 Å². The van der Waals surface area contributed by atoms with Gasteiger partial charge in [0.15, 0.2) is 0 Å². The number of ether oxygens (including phenoxy) is 1. The number of carbonyl (C=O) groups is 2. The Labute approximate surface area is 156 Å². The van der Waals surface area contributed by atoms with Gasteiger partial charge in [0, 0.05) is 19.0 Å². The zero-order valence-corrected chi connectivity index (χ0v) is 16.1. The van der Waals surface area contributed by atoms with E-state index in [4.69, 9.17) is 4.74 Å². The van der Waals surface area contributed by atoms with Crippen LogP contribution in [0, 0.1) is 0 Å². The van der Waals surface area contributed by atoms with E-state index >= 15 is 0 Å². The summed E-state index contributed by atoms with van der Waals surface area (Å²) in [6.45, 7) is 6.34. The molecule has 0 radical (unpaired) electrons. The molecule has 0 bridgehead atoms. The van der Waals surface area contributed by atoms with Crippen LogP contribution < -0.4 is 10.1 Å². The fourth-order valence-corrected chi connectivity index (χ4v) is 3.93. The molecular weight excluding hydrogens is 328 g/mol. The highest BCUT2D eigenvalue weighted by molar-refractivity contribution is 5.94. The highest BCUT2D eigenvalue weighted by Crippen LogP contribution is 2.33. The number of nitrogens with zero attached hydrogens (tertiary/aromatic N) is 1. The minimum Gasteiger partial charge on any atom is -0.491 e. The molecule has 2 aliphatic rings. The largest absolute Gasteiger partial charge is 0.491 e. The first-order valence-electron chi connectivity index (χ1n) is 9.75. The van der Waals surface area contributed by atoms with E-state index in [1.165, 1.54) is 12.8 Å². The first-order chi connectivity index (χ1) is 12.4. The minimum absolute atomic E-state index is 0.00462. The van der Waals surface area contributed by atoms with Crippen molar-refractivity contribution in [2.75, 3.05) is 0 Å². The number of rotatable bonds is 6. The summed E-state index contributed by atoms with van der Waals surface area (Å²) in [5.74, 6) is 0.866. The maximum absolute atomic E-state index is 12.9. The lowest BCUT2D eigenvalue weighted by Gasteiger charge is -2.35. The lowest BCUT2D eigenvalue weighted by molar-refractivity contribution is -0.141. The van der Waals surface area contributed by atoms with Crippen molar-refractivity contribution in [2.24, 2.45) is 0 Å². The molecule has 1 aromatic carbocycles. The predicted octanol–water partition coefficient (Wildman–Crippen LogP) is 3.41. The second-order valence-corrected chi connectivity index (χ2v) is 8.02. The normalized spacial score (nSPS) is 23.7. The minimum atomic E-state index is -0.757. The third-order valence-corrected chi connectivity index (χ3v) is 5.54. The molecule has 0 aromatic heterocycles. The van der Waals surface area contributed by atoms with Gasteiger partial charge in [-0.15, -0.1) is 0 Å². The molecule has 1 atom stereocenters. The quantitative estimate of drug-likeness (QED) is 0.848. The van der Waals surface area contributed by atoms with E-state index in [0.717, 1.165) is 24.2 Å². The number of amides is 2. The molecule has 142 valence electrons. The van der Waals surface area contributed by atoms with E-state index in [2.05, 4.69) is 5.32 Å². The predicted molar refractivity (Wildman–Crippen MR) is 101 cm³/mol. The summed E-state index contributed by atoms with van der Waals surface area (Å²) in [6, 6.07) is 8.05. The van der Waals surface area contributed by atoms with Crippen LogP contribution in [0.5, 0.6) is 5.75 Å². The van der Waals surface area contributed by atoms with Gasteiger partial charge in [0.1, 0.15) is 11.3 Å². The molecule has 3 rings (SSSR count). The first-order valence-corrected chi connectivity index (χ1v) is 9.75. The zero-order valence-electron chi connectivity index (χ0n) is 16.1. The van der Waals surface area contributed by atoms with Gasteiger partial charge < -0.3 is 15.0 Å². The Morgan fingerprint density at radius 1 is 1.27 bits per heavy atom. The van der Waals surface area contributed by atoms with E-state index in [9.17, 15) is 9.59 Å². The third-order valence-electron chi connectivity index (χ3n) is 5.54. The van der Waals surface area contributed by atoms with Crippen molar-refractivity contribution in [3.8, 4) is 5.75 Å². The standard InChI is InChI=1S/C21H30N2O3/c1-15(2)26-18-10-8-16(9-11-18)14-23-19(24)12-13-21(23,3)20(25)22-17-6-4-5-7-17/h8-11,15,17H,4-7,12-14H2,1-3H3,(H,22,25)/t21-/m1/s1. The Hall–Kier alpha value is -2.04. The summed E-state index contributed by atoms with van der Waals surface area (Å²) in [5.41, 5.74) is 0.253. The van der Waals surface area contributed by atoms with Crippen molar-refractivity contribution in [2.45, 2.75) is 83.5 Å². The molecule has 0 spiro atoms. The van der Waals surface area contributed by atoms with Gasteiger partial charge in [0.2, 0.25) is 11.8 Å². The van der Waals surface area contributed by atoms with E-state index in [0.29, 0.717) is 19.4 Å².